The van der Waals surface area contributed by atoms with Crippen molar-refractivity contribution in [2.24, 2.45) is 0 Å². The van der Waals surface area contributed by atoms with Crippen LogP contribution < -0.4 is 0 Å². The van der Waals surface area contributed by atoms with Crippen LogP contribution in [0.25, 0.3) is 0 Å². The minimum Gasteiger partial charge on any atom is -0.469 e. The first-order chi connectivity index (χ1) is 6.72. The molecule has 0 aliphatic heterocycles. The SMILES string of the molecule is COC(=O)C1CCc2cc(C)ccc21. The van der Waals surface area contributed by atoms with Crippen LogP contribution in [0.15, 0.2) is 18.2 Å². The monoisotopic (exact) mass is 190 g/mol. The van der Waals surface area contributed by atoms with Crippen LogP contribution in [0.4, 0.5) is 0 Å². The molecule has 0 fully saturated rings. The van der Waals surface area contributed by atoms with Crippen molar-refractivity contribution in [1.29, 1.82) is 0 Å². The fraction of sp³-hybridized carbons (Fsp3) is 0.417. The third-order valence-corrected chi connectivity index (χ3v) is 2.86. The second-order valence-corrected chi connectivity index (χ2v) is 3.82. The van der Waals surface area contributed by atoms with Crippen LogP contribution in [-0.4, -0.2) is 13.1 Å². The first-order valence-electron chi connectivity index (χ1n) is 4.89. The second-order valence-electron chi connectivity index (χ2n) is 3.82. The Kier molecular flexibility index (Phi) is 2.28. The lowest BCUT2D eigenvalue weighted by Crippen LogP contribution is -2.11. The molecular weight excluding hydrogens is 176 g/mol. The van der Waals surface area contributed by atoms with Crippen molar-refractivity contribution in [3.8, 4) is 0 Å². The van der Waals surface area contributed by atoms with Crippen molar-refractivity contribution in [1.82, 2.24) is 0 Å². The fourth-order valence-corrected chi connectivity index (χ4v) is 2.13. The zero-order chi connectivity index (χ0) is 10.1. The summed E-state index contributed by atoms with van der Waals surface area (Å²) in [5, 5.41) is 0. The van der Waals surface area contributed by atoms with Crippen LogP contribution in [0, 0.1) is 6.92 Å². The summed E-state index contributed by atoms with van der Waals surface area (Å²) in [6.45, 7) is 2.08. The summed E-state index contributed by atoms with van der Waals surface area (Å²) >= 11 is 0. The molecule has 14 heavy (non-hydrogen) atoms. The maximum Gasteiger partial charge on any atom is 0.313 e. The molecule has 1 unspecified atom stereocenters. The number of carbonyl (C=O) groups excluding carboxylic acids is 1. The summed E-state index contributed by atoms with van der Waals surface area (Å²) in [6.07, 6.45) is 1.89. The third kappa shape index (κ3) is 1.41. The minimum absolute atomic E-state index is 0.0319. The molecule has 2 rings (SSSR count). The lowest BCUT2D eigenvalue weighted by Gasteiger charge is -2.08. The Labute approximate surface area is 83.9 Å². The molecular formula is C12H14O2. The number of methoxy groups -OCH3 is 1. The Bertz CT molecular complexity index is 369. The molecule has 0 heterocycles. The molecule has 0 aromatic heterocycles. The van der Waals surface area contributed by atoms with E-state index in [9.17, 15) is 4.79 Å². The molecule has 0 N–H and O–H groups in total. The summed E-state index contributed by atoms with van der Waals surface area (Å²) in [6, 6.07) is 6.28. The largest absolute Gasteiger partial charge is 0.469 e. The third-order valence-electron chi connectivity index (χ3n) is 2.86. The molecule has 0 saturated carbocycles. The van der Waals surface area contributed by atoms with Gasteiger partial charge in [0.15, 0.2) is 0 Å². The van der Waals surface area contributed by atoms with Crippen molar-refractivity contribution in [3.05, 3.63) is 34.9 Å². The van der Waals surface area contributed by atoms with Gasteiger partial charge in [0.25, 0.3) is 0 Å². The summed E-state index contributed by atoms with van der Waals surface area (Å²) in [5.74, 6) is -0.136. The zero-order valence-corrected chi connectivity index (χ0v) is 8.54. The van der Waals surface area contributed by atoms with Gasteiger partial charge in [0.1, 0.15) is 0 Å². The van der Waals surface area contributed by atoms with Gasteiger partial charge in [-0.2, -0.15) is 0 Å². The number of benzene rings is 1. The molecule has 1 atom stereocenters. The first-order valence-corrected chi connectivity index (χ1v) is 4.89. The summed E-state index contributed by atoms with van der Waals surface area (Å²) in [4.78, 5) is 11.4. The lowest BCUT2D eigenvalue weighted by atomic mass is 10.0. The van der Waals surface area contributed by atoms with Crippen LogP contribution in [0.2, 0.25) is 0 Å². The Balaban J connectivity index is 2.35. The maximum absolute atomic E-state index is 11.4. The van der Waals surface area contributed by atoms with E-state index >= 15 is 0 Å². The molecule has 1 aliphatic carbocycles. The molecule has 2 nitrogen and oxygen atoms in total. The van der Waals surface area contributed by atoms with Crippen molar-refractivity contribution >= 4 is 5.97 Å². The number of fused-ring (bicyclic) bond motifs is 1. The van der Waals surface area contributed by atoms with E-state index in [1.54, 1.807) is 0 Å². The molecule has 0 spiro atoms. The average Bonchev–Trinajstić information content (AvgIpc) is 2.59. The second kappa shape index (κ2) is 3.45. The van der Waals surface area contributed by atoms with Crippen molar-refractivity contribution in [3.63, 3.8) is 0 Å². The van der Waals surface area contributed by atoms with Crippen molar-refractivity contribution in [2.45, 2.75) is 25.7 Å². The smallest absolute Gasteiger partial charge is 0.313 e. The number of aryl methyl sites for hydroxylation is 2. The van der Waals surface area contributed by atoms with Crippen LogP contribution >= 0.6 is 0 Å². The summed E-state index contributed by atoms with van der Waals surface area (Å²) in [7, 11) is 1.45. The van der Waals surface area contributed by atoms with E-state index < -0.39 is 0 Å². The highest BCUT2D eigenvalue weighted by Gasteiger charge is 2.28. The number of rotatable bonds is 1. The van der Waals surface area contributed by atoms with Crippen LogP contribution in [-0.2, 0) is 16.0 Å². The van der Waals surface area contributed by atoms with Crippen LogP contribution in [0.1, 0.15) is 29.0 Å². The van der Waals surface area contributed by atoms with Gasteiger partial charge in [0, 0.05) is 0 Å². The Morgan fingerprint density at radius 2 is 2.29 bits per heavy atom. The highest BCUT2D eigenvalue weighted by molar-refractivity contribution is 5.79. The number of carbonyl (C=O) groups is 1. The molecule has 0 saturated heterocycles. The van der Waals surface area contributed by atoms with Gasteiger partial charge >= 0.3 is 5.97 Å². The van der Waals surface area contributed by atoms with Gasteiger partial charge in [-0.15, -0.1) is 0 Å². The quantitative estimate of drug-likeness (QED) is 0.634. The van der Waals surface area contributed by atoms with E-state index in [2.05, 4.69) is 25.1 Å². The van der Waals surface area contributed by atoms with Crippen LogP contribution in [0.5, 0.6) is 0 Å². The van der Waals surface area contributed by atoms with Crippen LogP contribution in [0.3, 0.4) is 0 Å². The minimum atomic E-state index is -0.104. The highest BCUT2D eigenvalue weighted by Crippen LogP contribution is 2.34. The normalized spacial score (nSPS) is 19.1. The molecule has 2 heteroatoms. The van der Waals surface area contributed by atoms with E-state index in [0.717, 1.165) is 18.4 Å². The van der Waals surface area contributed by atoms with Gasteiger partial charge in [-0.25, -0.2) is 0 Å². The van der Waals surface area contributed by atoms with E-state index in [-0.39, 0.29) is 11.9 Å². The molecule has 1 aromatic carbocycles. The predicted octanol–water partition coefficient (Wildman–Crippen LogP) is 2.20. The molecule has 74 valence electrons. The van der Waals surface area contributed by atoms with Crippen molar-refractivity contribution < 1.29 is 9.53 Å². The van der Waals surface area contributed by atoms with Gasteiger partial charge in [-0.05, 0) is 30.9 Å². The Hall–Kier alpha value is -1.31. The molecule has 1 aromatic rings. The van der Waals surface area contributed by atoms with E-state index in [1.807, 2.05) is 0 Å². The van der Waals surface area contributed by atoms with Gasteiger partial charge in [0.2, 0.25) is 0 Å². The molecule has 0 amide bonds. The topological polar surface area (TPSA) is 26.3 Å². The fourth-order valence-electron chi connectivity index (χ4n) is 2.13. The van der Waals surface area contributed by atoms with Gasteiger partial charge in [-0.1, -0.05) is 23.8 Å². The predicted molar refractivity (Wildman–Crippen MR) is 54.3 cm³/mol. The molecule has 1 aliphatic rings. The Morgan fingerprint density at radius 3 is 3.00 bits per heavy atom. The molecule has 0 radical (unpaired) electrons. The Morgan fingerprint density at radius 1 is 1.50 bits per heavy atom. The summed E-state index contributed by atoms with van der Waals surface area (Å²) < 4.78 is 4.78. The molecule has 0 bridgehead atoms. The number of ether oxygens (including phenoxy) is 1. The average molecular weight is 190 g/mol. The van der Waals surface area contributed by atoms with Gasteiger partial charge in [0.05, 0.1) is 13.0 Å². The first kappa shape index (κ1) is 9.25. The van der Waals surface area contributed by atoms with Gasteiger partial charge < -0.3 is 4.74 Å². The van der Waals surface area contributed by atoms with Gasteiger partial charge in [-0.3, -0.25) is 4.79 Å². The number of esters is 1. The maximum atomic E-state index is 11.4. The lowest BCUT2D eigenvalue weighted by molar-refractivity contribution is -0.142. The summed E-state index contributed by atoms with van der Waals surface area (Å²) in [5.41, 5.74) is 3.72. The standard InChI is InChI=1S/C12H14O2/c1-8-3-5-10-9(7-8)4-6-11(10)12(13)14-2/h3,5,7,11H,4,6H2,1-2H3. The van der Waals surface area contributed by atoms with Crippen molar-refractivity contribution in [2.75, 3.05) is 7.11 Å². The van der Waals surface area contributed by atoms with E-state index in [1.165, 1.54) is 18.2 Å². The highest BCUT2D eigenvalue weighted by atomic mass is 16.5. The number of hydrogen-bond donors (Lipinski definition) is 0. The number of hydrogen-bond acceptors (Lipinski definition) is 2. The van der Waals surface area contributed by atoms with E-state index in [0.29, 0.717) is 0 Å². The zero-order valence-electron chi connectivity index (χ0n) is 8.54. The van der Waals surface area contributed by atoms with E-state index in [4.69, 9.17) is 4.74 Å².